The molecule has 6 nitrogen and oxygen atoms in total. The number of nitrogens with one attached hydrogen (secondary N) is 1. The van der Waals surface area contributed by atoms with Gasteiger partial charge in [-0.2, -0.15) is 0 Å². The van der Waals surface area contributed by atoms with Crippen LogP contribution in [0.15, 0.2) is 72.8 Å². The van der Waals surface area contributed by atoms with Crippen LogP contribution in [0.5, 0.6) is 23.0 Å². The van der Waals surface area contributed by atoms with Crippen LogP contribution in [0.4, 0.5) is 11.4 Å². The average Bonchev–Trinajstić information content (AvgIpc) is 3.95. The Morgan fingerprint density at radius 1 is 0.732 bits per heavy atom. The molecule has 4 aromatic rings. The van der Waals surface area contributed by atoms with Gasteiger partial charge in [0.2, 0.25) is 0 Å². The Morgan fingerprint density at radius 3 is 1.95 bits per heavy atom. The summed E-state index contributed by atoms with van der Waals surface area (Å²) in [6.45, 7) is 1.34. The van der Waals surface area contributed by atoms with Crippen LogP contribution in [0.2, 0.25) is 0 Å². The van der Waals surface area contributed by atoms with E-state index >= 15 is 0 Å². The Labute approximate surface area is 240 Å². The standard InChI is InChI=1S/C35H34N2O4/c1-36-22-4-8-28-27-11-7-25(21-31(27)35(14-15-35)40-32(28)18-22)39-17-16-37(2)23-5-9-29-26-10-6-24(38-3)20-30(26)34(12-13-34)41-33(29)19-23/h4-11,18-21,36H,12-17H2,1-3H3. The minimum Gasteiger partial charge on any atom is -0.497 e. The average molecular weight is 547 g/mol. The quantitative estimate of drug-likeness (QED) is 0.262. The third-order valence-electron chi connectivity index (χ3n) is 9.17. The zero-order chi connectivity index (χ0) is 27.8. The predicted molar refractivity (Wildman–Crippen MR) is 162 cm³/mol. The molecule has 4 aromatic carbocycles. The molecule has 6 heteroatoms. The van der Waals surface area contributed by atoms with Crippen molar-refractivity contribution < 1.29 is 18.9 Å². The number of anilines is 2. The van der Waals surface area contributed by atoms with E-state index in [1.165, 1.54) is 22.3 Å². The van der Waals surface area contributed by atoms with Crippen molar-refractivity contribution in [3.05, 3.63) is 83.9 Å². The summed E-state index contributed by atoms with van der Waals surface area (Å²) >= 11 is 0. The van der Waals surface area contributed by atoms with Gasteiger partial charge in [-0.3, -0.25) is 0 Å². The minimum atomic E-state index is -0.212. The summed E-state index contributed by atoms with van der Waals surface area (Å²) in [5.74, 6) is 3.68. The van der Waals surface area contributed by atoms with Crippen LogP contribution in [0.1, 0.15) is 36.8 Å². The van der Waals surface area contributed by atoms with Crippen molar-refractivity contribution in [1.82, 2.24) is 0 Å². The van der Waals surface area contributed by atoms with E-state index in [4.69, 9.17) is 18.9 Å². The Bertz CT molecular complexity index is 1690. The van der Waals surface area contributed by atoms with Crippen LogP contribution in [-0.4, -0.2) is 34.4 Å². The van der Waals surface area contributed by atoms with Crippen molar-refractivity contribution in [2.45, 2.75) is 36.9 Å². The van der Waals surface area contributed by atoms with E-state index in [0.717, 1.165) is 77.7 Å². The van der Waals surface area contributed by atoms with Crippen LogP contribution < -0.4 is 29.2 Å². The monoisotopic (exact) mass is 546 g/mol. The molecule has 0 atom stereocenters. The van der Waals surface area contributed by atoms with Gasteiger partial charge in [0, 0.05) is 59.9 Å². The van der Waals surface area contributed by atoms with E-state index in [9.17, 15) is 0 Å². The lowest BCUT2D eigenvalue weighted by molar-refractivity contribution is 0.177. The third-order valence-corrected chi connectivity index (χ3v) is 9.17. The molecule has 4 aliphatic rings. The lowest BCUT2D eigenvalue weighted by atomic mass is 9.91. The van der Waals surface area contributed by atoms with Crippen LogP contribution in [0.3, 0.4) is 0 Å². The van der Waals surface area contributed by atoms with Crippen molar-refractivity contribution in [2.75, 3.05) is 44.6 Å². The molecule has 2 heterocycles. The first-order chi connectivity index (χ1) is 20.0. The van der Waals surface area contributed by atoms with Crippen molar-refractivity contribution in [2.24, 2.45) is 0 Å². The van der Waals surface area contributed by atoms with Gasteiger partial charge >= 0.3 is 0 Å². The van der Waals surface area contributed by atoms with E-state index in [1.54, 1.807) is 7.11 Å². The number of fused-ring (bicyclic) bond motifs is 8. The van der Waals surface area contributed by atoms with Crippen molar-refractivity contribution in [3.8, 4) is 45.3 Å². The fourth-order valence-electron chi connectivity index (χ4n) is 6.46. The topological polar surface area (TPSA) is 52.2 Å². The zero-order valence-electron chi connectivity index (χ0n) is 23.8. The Morgan fingerprint density at radius 2 is 1.32 bits per heavy atom. The molecule has 2 fully saturated rings. The highest BCUT2D eigenvalue weighted by Crippen LogP contribution is 2.59. The SMILES string of the molecule is CNc1ccc2c(c1)OC1(CC1)c1cc(OCCN(C)c3ccc4c(c3)OC3(CC3)c3cc(OC)ccc3-4)ccc1-2. The van der Waals surface area contributed by atoms with E-state index in [1.807, 2.05) is 13.1 Å². The molecule has 8 rings (SSSR count). The summed E-state index contributed by atoms with van der Waals surface area (Å²) < 4.78 is 24.9. The van der Waals surface area contributed by atoms with Gasteiger partial charge in [-0.15, -0.1) is 0 Å². The highest BCUT2D eigenvalue weighted by Gasteiger charge is 2.52. The lowest BCUT2D eigenvalue weighted by Gasteiger charge is -2.31. The fourth-order valence-corrected chi connectivity index (χ4v) is 6.46. The van der Waals surface area contributed by atoms with Crippen LogP contribution in [0, 0.1) is 0 Å². The number of ether oxygens (including phenoxy) is 4. The molecule has 41 heavy (non-hydrogen) atoms. The Hall–Kier alpha value is -4.32. The first kappa shape index (κ1) is 24.5. The summed E-state index contributed by atoms with van der Waals surface area (Å²) in [4.78, 5) is 2.23. The Kier molecular flexibility index (Phi) is 5.28. The summed E-state index contributed by atoms with van der Waals surface area (Å²) in [6, 6.07) is 25.7. The molecule has 208 valence electrons. The van der Waals surface area contributed by atoms with Gasteiger partial charge in [0.05, 0.1) is 13.7 Å². The number of hydrogen-bond donors (Lipinski definition) is 1. The molecule has 1 N–H and O–H groups in total. The Balaban J connectivity index is 0.981. The lowest BCUT2D eigenvalue weighted by Crippen LogP contribution is -2.25. The second kappa shape index (κ2) is 8.84. The normalized spacial score (nSPS) is 17.2. The molecular weight excluding hydrogens is 512 g/mol. The first-order valence-corrected chi connectivity index (χ1v) is 14.5. The number of rotatable bonds is 7. The molecule has 0 bridgehead atoms. The number of likely N-dealkylation sites (N-methyl/N-ethyl adjacent to an activating group) is 1. The van der Waals surface area contributed by atoms with Crippen molar-refractivity contribution >= 4 is 11.4 Å². The van der Waals surface area contributed by atoms with Gasteiger partial charge in [0.1, 0.15) is 40.8 Å². The first-order valence-electron chi connectivity index (χ1n) is 14.5. The zero-order valence-corrected chi connectivity index (χ0v) is 23.8. The molecule has 2 aliphatic carbocycles. The fraction of sp³-hybridized carbons (Fsp3) is 0.314. The van der Waals surface area contributed by atoms with Gasteiger partial charge in [0.15, 0.2) is 0 Å². The van der Waals surface area contributed by atoms with E-state index in [0.29, 0.717) is 6.61 Å². The second-order valence-corrected chi connectivity index (χ2v) is 11.7. The van der Waals surface area contributed by atoms with E-state index < -0.39 is 0 Å². The largest absolute Gasteiger partial charge is 0.497 e. The molecule has 2 saturated carbocycles. The predicted octanol–water partition coefficient (Wildman–Crippen LogP) is 7.35. The maximum Gasteiger partial charge on any atom is 0.135 e. The highest BCUT2D eigenvalue weighted by molar-refractivity contribution is 5.81. The van der Waals surface area contributed by atoms with Crippen LogP contribution in [0.25, 0.3) is 22.3 Å². The smallest absolute Gasteiger partial charge is 0.135 e. The minimum absolute atomic E-state index is 0.206. The molecule has 0 amide bonds. The van der Waals surface area contributed by atoms with Crippen LogP contribution in [-0.2, 0) is 11.2 Å². The van der Waals surface area contributed by atoms with Gasteiger partial charge in [-0.05, 0) is 85.3 Å². The number of nitrogens with zero attached hydrogens (tertiary/aromatic N) is 1. The van der Waals surface area contributed by atoms with E-state index in [2.05, 4.69) is 84.0 Å². The number of methoxy groups -OCH3 is 1. The molecule has 0 aromatic heterocycles. The van der Waals surface area contributed by atoms with Crippen molar-refractivity contribution in [3.63, 3.8) is 0 Å². The highest BCUT2D eigenvalue weighted by atomic mass is 16.5. The summed E-state index contributed by atoms with van der Waals surface area (Å²) in [7, 11) is 5.76. The maximum atomic E-state index is 6.61. The van der Waals surface area contributed by atoms with Gasteiger partial charge in [-0.25, -0.2) is 0 Å². The number of hydrogen-bond acceptors (Lipinski definition) is 6. The summed E-state index contributed by atoms with van der Waals surface area (Å²) in [5, 5.41) is 3.22. The van der Waals surface area contributed by atoms with Gasteiger partial charge < -0.3 is 29.2 Å². The van der Waals surface area contributed by atoms with E-state index in [-0.39, 0.29) is 11.2 Å². The molecule has 0 unspecified atom stereocenters. The third kappa shape index (κ3) is 3.91. The van der Waals surface area contributed by atoms with Gasteiger partial charge in [-0.1, -0.05) is 12.1 Å². The summed E-state index contributed by atoms with van der Waals surface area (Å²) in [5.41, 5.74) is 9.03. The second-order valence-electron chi connectivity index (χ2n) is 11.7. The van der Waals surface area contributed by atoms with Gasteiger partial charge in [0.25, 0.3) is 0 Å². The number of benzene rings is 4. The summed E-state index contributed by atoms with van der Waals surface area (Å²) in [6.07, 6.45) is 4.15. The van der Waals surface area contributed by atoms with Crippen molar-refractivity contribution in [1.29, 1.82) is 0 Å². The molecule has 2 spiro atoms. The maximum absolute atomic E-state index is 6.61. The molecule has 2 aliphatic heterocycles. The molecule has 0 saturated heterocycles. The molecule has 0 radical (unpaired) electrons. The molecular formula is C35H34N2O4. The van der Waals surface area contributed by atoms with Crippen LogP contribution >= 0.6 is 0 Å².